The lowest BCUT2D eigenvalue weighted by Crippen LogP contribution is -2.44. The number of halogens is 3. The predicted octanol–water partition coefficient (Wildman–Crippen LogP) is 0.705. The van der Waals surface area contributed by atoms with Crippen LogP contribution < -0.4 is 5.73 Å². The maximum Gasteiger partial charge on any atom is 0.471 e. The van der Waals surface area contributed by atoms with E-state index in [1.807, 2.05) is 0 Å². The van der Waals surface area contributed by atoms with Gasteiger partial charge in [0.15, 0.2) is 5.78 Å². The molecule has 17 heavy (non-hydrogen) atoms. The van der Waals surface area contributed by atoms with E-state index in [2.05, 4.69) is 0 Å². The van der Waals surface area contributed by atoms with Crippen molar-refractivity contribution in [2.75, 3.05) is 19.6 Å². The van der Waals surface area contributed by atoms with Gasteiger partial charge >= 0.3 is 12.1 Å². The van der Waals surface area contributed by atoms with Crippen LogP contribution in [0.2, 0.25) is 0 Å². The van der Waals surface area contributed by atoms with Crippen molar-refractivity contribution in [1.82, 2.24) is 4.90 Å². The second-order valence-electron chi connectivity index (χ2n) is 4.11. The minimum Gasteiger partial charge on any atom is -0.334 e. The van der Waals surface area contributed by atoms with Gasteiger partial charge in [0.25, 0.3) is 0 Å². The van der Waals surface area contributed by atoms with Gasteiger partial charge in [-0.15, -0.1) is 0 Å². The molecule has 1 unspecified atom stereocenters. The Morgan fingerprint density at radius 1 is 1.29 bits per heavy atom. The summed E-state index contributed by atoms with van der Waals surface area (Å²) in [7, 11) is 0. The van der Waals surface area contributed by atoms with E-state index in [4.69, 9.17) is 5.73 Å². The van der Waals surface area contributed by atoms with Gasteiger partial charge in [-0.25, -0.2) is 0 Å². The highest BCUT2D eigenvalue weighted by atomic mass is 19.4. The zero-order valence-electron chi connectivity index (χ0n) is 9.29. The van der Waals surface area contributed by atoms with E-state index in [0.29, 0.717) is 24.2 Å². The van der Waals surface area contributed by atoms with E-state index in [1.54, 1.807) is 0 Å². The summed E-state index contributed by atoms with van der Waals surface area (Å²) in [5.74, 6) is -2.71. The van der Waals surface area contributed by atoms with Gasteiger partial charge in [-0.3, -0.25) is 9.59 Å². The first-order valence-electron chi connectivity index (χ1n) is 5.45. The number of nitrogens with zero attached hydrogens (tertiary/aromatic N) is 1. The van der Waals surface area contributed by atoms with E-state index in [0.717, 1.165) is 0 Å². The van der Waals surface area contributed by atoms with Crippen molar-refractivity contribution in [3.63, 3.8) is 0 Å². The molecule has 1 rings (SSSR count). The number of amides is 1. The minimum absolute atomic E-state index is 0.0483. The standard InChI is InChI=1S/C10H15F3N2O2/c11-10(12,13)9(17)15-4-2-1-3-7(6-15)8(16)5-14/h7H,1-6,14H2. The molecule has 0 bridgehead atoms. The third-order valence-electron chi connectivity index (χ3n) is 2.86. The predicted molar refractivity (Wildman–Crippen MR) is 54.0 cm³/mol. The van der Waals surface area contributed by atoms with E-state index < -0.39 is 18.0 Å². The van der Waals surface area contributed by atoms with Crippen molar-refractivity contribution in [2.45, 2.75) is 25.4 Å². The number of alkyl halides is 3. The normalized spacial score (nSPS) is 22.1. The van der Waals surface area contributed by atoms with Crippen LogP contribution in [0.3, 0.4) is 0 Å². The zero-order valence-corrected chi connectivity index (χ0v) is 9.29. The van der Waals surface area contributed by atoms with Crippen LogP contribution in [0, 0.1) is 5.92 Å². The Morgan fingerprint density at radius 3 is 2.47 bits per heavy atom. The Morgan fingerprint density at radius 2 is 1.94 bits per heavy atom. The van der Waals surface area contributed by atoms with Crippen molar-refractivity contribution in [3.8, 4) is 0 Å². The van der Waals surface area contributed by atoms with Crippen molar-refractivity contribution < 1.29 is 22.8 Å². The average molecular weight is 252 g/mol. The number of ketones is 1. The molecule has 7 heteroatoms. The number of carbonyl (C=O) groups is 2. The van der Waals surface area contributed by atoms with Crippen molar-refractivity contribution in [2.24, 2.45) is 11.7 Å². The fourth-order valence-corrected chi connectivity index (χ4v) is 1.94. The second kappa shape index (κ2) is 5.48. The number of rotatable bonds is 2. The molecule has 1 atom stereocenters. The highest BCUT2D eigenvalue weighted by Gasteiger charge is 2.43. The Balaban J connectivity index is 2.73. The van der Waals surface area contributed by atoms with Crippen molar-refractivity contribution in [3.05, 3.63) is 0 Å². The maximum absolute atomic E-state index is 12.3. The largest absolute Gasteiger partial charge is 0.471 e. The van der Waals surface area contributed by atoms with Crippen molar-refractivity contribution in [1.29, 1.82) is 0 Å². The lowest BCUT2D eigenvalue weighted by molar-refractivity contribution is -0.185. The molecule has 98 valence electrons. The molecule has 0 radical (unpaired) electrons. The highest BCUT2D eigenvalue weighted by molar-refractivity contribution is 5.85. The van der Waals surface area contributed by atoms with Crippen LogP contribution in [0.15, 0.2) is 0 Å². The first-order chi connectivity index (χ1) is 7.86. The molecular formula is C10H15F3N2O2. The Kier molecular flexibility index (Phi) is 4.50. The smallest absolute Gasteiger partial charge is 0.334 e. The molecule has 0 aromatic rings. The number of carbonyl (C=O) groups excluding carboxylic acids is 2. The van der Waals surface area contributed by atoms with Crippen LogP contribution in [0.4, 0.5) is 13.2 Å². The lowest BCUT2D eigenvalue weighted by atomic mass is 9.98. The zero-order chi connectivity index (χ0) is 13.1. The molecule has 0 saturated carbocycles. The topological polar surface area (TPSA) is 63.4 Å². The number of hydrogen-bond donors (Lipinski definition) is 1. The number of hydrogen-bond acceptors (Lipinski definition) is 3. The van der Waals surface area contributed by atoms with Crippen LogP contribution in [0.1, 0.15) is 19.3 Å². The van der Waals surface area contributed by atoms with Crippen LogP contribution in [-0.2, 0) is 9.59 Å². The summed E-state index contributed by atoms with van der Waals surface area (Å²) < 4.78 is 36.8. The van der Waals surface area contributed by atoms with Gasteiger partial charge in [-0.1, -0.05) is 6.42 Å². The number of likely N-dealkylation sites (tertiary alicyclic amines) is 1. The Hall–Kier alpha value is -1.11. The minimum atomic E-state index is -4.87. The fraction of sp³-hybridized carbons (Fsp3) is 0.800. The summed E-state index contributed by atoms with van der Waals surface area (Å²) >= 11 is 0. The van der Waals surface area contributed by atoms with Crippen LogP contribution in [0.25, 0.3) is 0 Å². The molecule has 1 amide bonds. The summed E-state index contributed by atoms with van der Waals surface area (Å²) in [4.78, 5) is 23.2. The first kappa shape index (κ1) is 14.0. The maximum atomic E-state index is 12.3. The molecule has 1 saturated heterocycles. The van der Waals surface area contributed by atoms with Gasteiger partial charge in [0, 0.05) is 19.0 Å². The van der Waals surface area contributed by atoms with Gasteiger partial charge in [0.05, 0.1) is 6.54 Å². The molecule has 0 aliphatic carbocycles. The van der Waals surface area contributed by atoms with E-state index >= 15 is 0 Å². The summed E-state index contributed by atoms with van der Waals surface area (Å²) in [6, 6.07) is 0. The molecule has 0 aromatic heterocycles. The molecule has 1 aliphatic heterocycles. The molecule has 1 heterocycles. The Bertz CT molecular complexity index is 304. The Labute approximate surface area is 96.9 Å². The van der Waals surface area contributed by atoms with E-state index in [-0.39, 0.29) is 25.4 Å². The third kappa shape index (κ3) is 3.69. The van der Waals surface area contributed by atoms with Crippen LogP contribution in [-0.4, -0.2) is 42.4 Å². The second-order valence-corrected chi connectivity index (χ2v) is 4.11. The average Bonchev–Trinajstić information content (AvgIpc) is 2.51. The van der Waals surface area contributed by atoms with Crippen molar-refractivity contribution >= 4 is 11.7 Å². The SMILES string of the molecule is NCC(=O)C1CCCCN(C(=O)C(F)(F)F)C1. The van der Waals surface area contributed by atoms with E-state index in [9.17, 15) is 22.8 Å². The van der Waals surface area contributed by atoms with Crippen LogP contribution >= 0.6 is 0 Å². The first-order valence-corrected chi connectivity index (χ1v) is 5.45. The summed E-state index contributed by atoms with van der Waals surface area (Å²) in [6.07, 6.45) is -3.26. The number of Topliss-reactive ketones (excluding diaryl/α,β-unsaturated/α-hetero) is 1. The monoisotopic (exact) mass is 252 g/mol. The molecule has 4 nitrogen and oxygen atoms in total. The molecule has 1 aliphatic rings. The molecule has 0 aromatic carbocycles. The lowest BCUT2D eigenvalue weighted by Gasteiger charge is -2.24. The van der Waals surface area contributed by atoms with E-state index in [1.165, 1.54) is 0 Å². The van der Waals surface area contributed by atoms with Gasteiger partial charge in [-0.2, -0.15) is 13.2 Å². The third-order valence-corrected chi connectivity index (χ3v) is 2.86. The summed E-state index contributed by atoms with van der Waals surface area (Å²) in [6.45, 7) is -0.320. The molecular weight excluding hydrogens is 237 g/mol. The molecule has 0 spiro atoms. The molecule has 2 N–H and O–H groups in total. The number of nitrogens with two attached hydrogens (primary N) is 1. The van der Waals surface area contributed by atoms with Gasteiger partial charge in [-0.05, 0) is 12.8 Å². The van der Waals surface area contributed by atoms with Gasteiger partial charge < -0.3 is 10.6 Å². The highest BCUT2D eigenvalue weighted by Crippen LogP contribution is 2.23. The quantitative estimate of drug-likeness (QED) is 0.787. The van der Waals surface area contributed by atoms with Gasteiger partial charge in [0.2, 0.25) is 0 Å². The molecule has 1 fully saturated rings. The summed E-state index contributed by atoms with van der Waals surface area (Å²) in [5.41, 5.74) is 5.19. The van der Waals surface area contributed by atoms with Crippen LogP contribution in [0.5, 0.6) is 0 Å². The summed E-state index contributed by atoms with van der Waals surface area (Å²) in [5, 5.41) is 0. The van der Waals surface area contributed by atoms with Gasteiger partial charge in [0.1, 0.15) is 0 Å². The fourth-order valence-electron chi connectivity index (χ4n) is 1.94.